The van der Waals surface area contributed by atoms with Crippen LogP contribution in [0, 0.1) is 11.3 Å². The quantitative estimate of drug-likeness (QED) is 0.612. The fourth-order valence-corrected chi connectivity index (χ4v) is 3.55. The maximum atomic E-state index is 12.9. The molecule has 2 aromatic heterocycles. The van der Waals surface area contributed by atoms with Crippen LogP contribution in [-0.4, -0.2) is 23.6 Å². The number of rotatable bonds is 5. The molecule has 0 aliphatic carbocycles. The van der Waals surface area contributed by atoms with Crippen molar-refractivity contribution in [3.63, 3.8) is 0 Å². The first kappa shape index (κ1) is 19.9. The van der Waals surface area contributed by atoms with Crippen LogP contribution in [0.5, 0.6) is 0 Å². The van der Waals surface area contributed by atoms with Gasteiger partial charge in [0.25, 0.3) is 11.5 Å². The van der Waals surface area contributed by atoms with E-state index in [-0.39, 0.29) is 21.3 Å². The van der Waals surface area contributed by atoms with E-state index in [2.05, 4.69) is 10.1 Å². The van der Waals surface area contributed by atoms with Crippen molar-refractivity contribution in [2.45, 2.75) is 6.54 Å². The summed E-state index contributed by atoms with van der Waals surface area (Å²) in [5, 5.41) is 12.2. The number of aromatic nitrogens is 1. The van der Waals surface area contributed by atoms with E-state index < -0.39 is 17.4 Å². The predicted molar refractivity (Wildman–Crippen MR) is 105 cm³/mol. The van der Waals surface area contributed by atoms with Crippen LogP contribution < -0.4 is 20.1 Å². The molecule has 8 nitrogen and oxygen atoms in total. The molecule has 0 saturated heterocycles. The number of hydrogen-bond acceptors (Lipinski definition) is 7. The van der Waals surface area contributed by atoms with Gasteiger partial charge in [-0.25, -0.2) is 4.79 Å². The van der Waals surface area contributed by atoms with Crippen LogP contribution in [0.15, 0.2) is 57.9 Å². The second kappa shape index (κ2) is 8.86. The minimum absolute atomic E-state index is 0.0438. The number of nitrogens with one attached hydrogen (secondary N) is 1. The molecular formula is C20H15N3O5S. The number of nitrogens with zero attached hydrogens (tertiary/aromatic N) is 2. The zero-order valence-corrected chi connectivity index (χ0v) is 16.1. The summed E-state index contributed by atoms with van der Waals surface area (Å²) in [4.78, 5) is 37.1. The van der Waals surface area contributed by atoms with Gasteiger partial charge in [0.2, 0.25) is 0 Å². The number of para-hydroxylation sites is 1. The number of esters is 1. The highest BCUT2D eigenvalue weighted by Gasteiger charge is 2.17. The van der Waals surface area contributed by atoms with Crippen LogP contribution in [-0.2, 0) is 20.9 Å². The summed E-state index contributed by atoms with van der Waals surface area (Å²) >= 11 is 0.859. The molecule has 0 aliphatic heterocycles. The summed E-state index contributed by atoms with van der Waals surface area (Å²) in [6.45, 7) is 0.0824. The van der Waals surface area contributed by atoms with Crippen molar-refractivity contribution in [1.82, 2.24) is 9.88 Å². The number of ether oxygens (including phenoxy) is 1. The molecule has 0 aliphatic rings. The van der Waals surface area contributed by atoms with Crippen molar-refractivity contribution >= 4 is 34.9 Å². The molecule has 0 spiro atoms. The Hall–Kier alpha value is -3.90. The van der Waals surface area contributed by atoms with Crippen molar-refractivity contribution in [2.75, 3.05) is 7.11 Å². The molecule has 0 saturated carbocycles. The van der Waals surface area contributed by atoms with Crippen molar-refractivity contribution in [3.05, 3.63) is 74.0 Å². The molecule has 9 heteroatoms. The van der Waals surface area contributed by atoms with Crippen LogP contribution in [0.25, 0.3) is 17.3 Å². The number of benzene rings is 1. The Balaban J connectivity index is 2.19. The molecule has 1 amide bonds. The van der Waals surface area contributed by atoms with E-state index in [0.717, 1.165) is 17.4 Å². The third-order valence-corrected chi connectivity index (χ3v) is 4.94. The number of furan rings is 1. The maximum Gasteiger partial charge on any atom is 0.332 e. The Morgan fingerprint density at radius 2 is 2.03 bits per heavy atom. The van der Waals surface area contributed by atoms with Gasteiger partial charge in [0.05, 0.1) is 25.6 Å². The number of hydrogen-bond donors (Lipinski definition) is 1. The van der Waals surface area contributed by atoms with Crippen LogP contribution in [0.3, 0.4) is 0 Å². The van der Waals surface area contributed by atoms with E-state index in [0.29, 0.717) is 11.4 Å². The first-order valence-corrected chi connectivity index (χ1v) is 9.18. The van der Waals surface area contributed by atoms with Crippen molar-refractivity contribution in [3.8, 4) is 11.8 Å². The molecule has 1 aromatic carbocycles. The summed E-state index contributed by atoms with van der Waals surface area (Å²) in [5.74, 6) is -0.864. The zero-order chi connectivity index (χ0) is 20.8. The molecule has 29 heavy (non-hydrogen) atoms. The highest BCUT2D eigenvalue weighted by molar-refractivity contribution is 7.07. The van der Waals surface area contributed by atoms with Gasteiger partial charge in [-0.2, -0.15) is 5.26 Å². The van der Waals surface area contributed by atoms with Gasteiger partial charge < -0.3 is 14.5 Å². The Kier molecular flexibility index (Phi) is 6.06. The Labute approximate surface area is 168 Å². The lowest BCUT2D eigenvalue weighted by Crippen LogP contribution is -2.34. The molecule has 2 heterocycles. The largest absolute Gasteiger partial charge is 0.467 e. The summed E-state index contributed by atoms with van der Waals surface area (Å²) in [6.07, 6.45) is 2.50. The average molecular weight is 409 g/mol. The standard InChI is InChI=1S/C20H15N3O5S/c1-27-17(24)10-16-19(26)23(13-6-3-2-4-7-13)20(29-16)15(11-21)18(25)22-12-14-8-5-9-28-14/h2-10H,12H2,1H3,(H,22,25)/b16-10-,20-15-. The fourth-order valence-electron chi connectivity index (χ4n) is 2.49. The van der Waals surface area contributed by atoms with E-state index in [1.807, 2.05) is 6.07 Å². The smallest absolute Gasteiger partial charge is 0.332 e. The molecule has 0 unspecified atom stereocenters. The lowest BCUT2D eigenvalue weighted by molar-refractivity contribution is -0.133. The van der Waals surface area contributed by atoms with Gasteiger partial charge in [0, 0.05) is 6.08 Å². The lowest BCUT2D eigenvalue weighted by atomic mass is 10.2. The Morgan fingerprint density at radius 3 is 2.66 bits per heavy atom. The number of carbonyl (C=O) groups is 2. The third-order valence-electron chi connectivity index (χ3n) is 3.84. The molecule has 0 bridgehead atoms. The highest BCUT2D eigenvalue weighted by atomic mass is 32.1. The predicted octanol–water partition coefficient (Wildman–Crippen LogP) is 0.436. The first-order chi connectivity index (χ1) is 14.0. The summed E-state index contributed by atoms with van der Waals surface area (Å²) in [5.41, 5.74) is -0.333. The second-order valence-electron chi connectivity index (χ2n) is 5.66. The molecular weight excluding hydrogens is 394 g/mol. The number of carbonyl (C=O) groups excluding carboxylic acids is 2. The van der Waals surface area contributed by atoms with Gasteiger partial charge in [-0.05, 0) is 24.3 Å². The molecule has 146 valence electrons. The summed E-state index contributed by atoms with van der Waals surface area (Å²) in [6, 6.07) is 13.8. The molecule has 3 rings (SSSR count). The molecule has 3 aromatic rings. The topological polar surface area (TPSA) is 114 Å². The highest BCUT2D eigenvalue weighted by Crippen LogP contribution is 2.04. The monoisotopic (exact) mass is 409 g/mol. The van der Waals surface area contributed by atoms with Gasteiger partial charge in [-0.1, -0.05) is 18.2 Å². The average Bonchev–Trinajstić information content (AvgIpc) is 3.36. The number of nitriles is 1. The van der Waals surface area contributed by atoms with E-state index in [1.165, 1.54) is 17.9 Å². The van der Waals surface area contributed by atoms with Crippen molar-refractivity contribution < 1.29 is 18.7 Å². The summed E-state index contributed by atoms with van der Waals surface area (Å²) < 4.78 is 11.1. The Morgan fingerprint density at radius 1 is 1.28 bits per heavy atom. The second-order valence-corrected chi connectivity index (χ2v) is 6.69. The number of thiazole rings is 1. The Bertz CT molecular complexity index is 1250. The SMILES string of the molecule is COC(=O)/C=c1\s/c(=C(/C#N)C(=O)NCc2ccco2)n(-c2ccccc2)c1=O. The number of methoxy groups -OCH3 is 1. The fraction of sp³-hybridized carbons (Fsp3) is 0.100. The van der Waals surface area contributed by atoms with E-state index in [1.54, 1.807) is 42.5 Å². The van der Waals surface area contributed by atoms with Gasteiger partial charge in [0.15, 0.2) is 5.57 Å². The molecule has 0 atom stereocenters. The molecule has 0 fully saturated rings. The van der Waals surface area contributed by atoms with Crippen molar-refractivity contribution in [1.29, 1.82) is 5.26 Å². The number of amides is 1. The normalized spacial score (nSPS) is 12.2. The lowest BCUT2D eigenvalue weighted by Gasteiger charge is -2.04. The van der Waals surface area contributed by atoms with E-state index in [9.17, 15) is 19.6 Å². The maximum absolute atomic E-state index is 12.9. The zero-order valence-electron chi connectivity index (χ0n) is 15.2. The summed E-state index contributed by atoms with van der Waals surface area (Å²) in [7, 11) is 1.19. The first-order valence-electron chi connectivity index (χ1n) is 8.37. The van der Waals surface area contributed by atoms with Crippen LogP contribution >= 0.6 is 11.3 Å². The van der Waals surface area contributed by atoms with Gasteiger partial charge in [-0.3, -0.25) is 14.2 Å². The molecule has 0 radical (unpaired) electrons. The van der Waals surface area contributed by atoms with Crippen LogP contribution in [0.2, 0.25) is 0 Å². The van der Waals surface area contributed by atoms with E-state index >= 15 is 0 Å². The van der Waals surface area contributed by atoms with Crippen LogP contribution in [0.4, 0.5) is 0 Å². The molecule has 1 N–H and O–H groups in total. The van der Waals surface area contributed by atoms with Crippen LogP contribution in [0.1, 0.15) is 5.76 Å². The van der Waals surface area contributed by atoms with E-state index in [4.69, 9.17) is 4.42 Å². The van der Waals surface area contributed by atoms with Gasteiger partial charge >= 0.3 is 5.97 Å². The minimum Gasteiger partial charge on any atom is -0.467 e. The van der Waals surface area contributed by atoms with Crippen molar-refractivity contribution in [2.24, 2.45) is 0 Å². The van der Waals surface area contributed by atoms with Gasteiger partial charge in [-0.15, -0.1) is 11.3 Å². The minimum atomic E-state index is -0.712. The van der Waals surface area contributed by atoms with Gasteiger partial charge in [0.1, 0.15) is 21.0 Å². The third kappa shape index (κ3) is 4.34.